The number of hydrogen-bond acceptors (Lipinski definition) is 8. The average Bonchev–Trinajstić information content (AvgIpc) is 2.84. The van der Waals surface area contributed by atoms with Crippen LogP contribution in [0.2, 0.25) is 0 Å². The van der Waals surface area contributed by atoms with Gasteiger partial charge in [0.25, 0.3) is 11.4 Å². The van der Waals surface area contributed by atoms with Crippen molar-refractivity contribution in [2.24, 2.45) is 0 Å². The van der Waals surface area contributed by atoms with Crippen molar-refractivity contribution in [3.8, 4) is 23.0 Å². The maximum Gasteiger partial charge on any atom is 0.296 e. The van der Waals surface area contributed by atoms with Gasteiger partial charge in [-0.2, -0.15) is 17.6 Å². The molecule has 0 atom stereocenters. The van der Waals surface area contributed by atoms with Crippen molar-refractivity contribution in [2.75, 3.05) is 10.6 Å². The number of ether oxygens (including phenoxy) is 2. The van der Waals surface area contributed by atoms with Crippen LogP contribution < -0.4 is 20.1 Å². The predicted molar refractivity (Wildman–Crippen MR) is 121 cm³/mol. The Morgan fingerprint density at radius 1 is 0.684 bits per heavy atom. The van der Waals surface area contributed by atoms with Crippen LogP contribution in [0, 0.1) is 43.5 Å². The molecule has 0 unspecified atom stereocenters. The van der Waals surface area contributed by atoms with Crippen LogP contribution in [-0.2, 0) is 9.59 Å². The topological polar surface area (TPSA) is 163 Å². The maximum atomic E-state index is 14.7. The molecule has 0 saturated carbocycles. The number of nitro groups is 2. The molecule has 2 N–H and O–H groups in total. The van der Waals surface area contributed by atoms with Crippen LogP contribution in [0.4, 0.5) is 40.3 Å². The second-order valence-corrected chi connectivity index (χ2v) is 7.35. The zero-order valence-corrected chi connectivity index (χ0v) is 19.1. The molecule has 0 aliphatic rings. The third-order valence-corrected chi connectivity index (χ3v) is 4.58. The van der Waals surface area contributed by atoms with E-state index in [2.05, 4.69) is 10.6 Å². The first kappa shape index (κ1) is 27.3. The van der Waals surface area contributed by atoms with E-state index in [1.54, 1.807) is 0 Å². The van der Waals surface area contributed by atoms with Gasteiger partial charge in [0.15, 0.2) is 0 Å². The predicted octanol–water partition coefficient (Wildman–Crippen LogP) is 5.56. The molecule has 0 radical (unpaired) electrons. The molecule has 0 fully saturated rings. The maximum absolute atomic E-state index is 14.7. The molecule has 198 valence electrons. The minimum atomic E-state index is -2.09. The molecule has 0 saturated heterocycles. The van der Waals surface area contributed by atoms with Gasteiger partial charge < -0.3 is 20.1 Å². The number of rotatable bonds is 8. The zero-order chi connectivity index (χ0) is 28.3. The van der Waals surface area contributed by atoms with E-state index in [4.69, 9.17) is 9.47 Å². The van der Waals surface area contributed by atoms with Crippen molar-refractivity contribution in [1.29, 1.82) is 0 Å². The lowest BCUT2D eigenvalue weighted by atomic mass is 10.2. The largest absolute Gasteiger partial charge is 0.451 e. The van der Waals surface area contributed by atoms with Crippen molar-refractivity contribution < 1.29 is 46.5 Å². The van der Waals surface area contributed by atoms with Crippen molar-refractivity contribution in [3.05, 3.63) is 79.9 Å². The van der Waals surface area contributed by atoms with E-state index in [-0.39, 0.29) is 11.4 Å². The third kappa shape index (κ3) is 5.75. The summed E-state index contributed by atoms with van der Waals surface area (Å²) in [5, 5.41) is 26.8. The summed E-state index contributed by atoms with van der Waals surface area (Å²) in [7, 11) is 0. The molecule has 3 aromatic carbocycles. The zero-order valence-electron chi connectivity index (χ0n) is 19.1. The van der Waals surface area contributed by atoms with Gasteiger partial charge in [-0.1, -0.05) is 0 Å². The lowest BCUT2D eigenvalue weighted by Crippen LogP contribution is -2.08. The summed E-state index contributed by atoms with van der Waals surface area (Å²) in [6.45, 7) is 2.15. The third-order valence-electron chi connectivity index (χ3n) is 4.58. The molecule has 0 aliphatic heterocycles. The summed E-state index contributed by atoms with van der Waals surface area (Å²) in [6, 6.07) is 5.11. The van der Waals surface area contributed by atoms with Crippen molar-refractivity contribution in [2.45, 2.75) is 13.8 Å². The summed E-state index contributed by atoms with van der Waals surface area (Å²) < 4.78 is 68.4. The average molecular weight is 538 g/mol. The van der Waals surface area contributed by atoms with Crippen molar-refractivity contribution >= 4 is 34.6 Å². The van der Waals surface area contributed by atoms with E-state index in [0.29, 0.717) is 12.1 Å². The van der Waals surface area contributed by atoms with Crippen molar-refractivity contribution in [3.63, 3.8) is 0 Å². The highest BCUT2D eigenvalue weighted by Gasteiger charge is 2.30. The van der Waals surface area contributed by atoms with Crippen LogP contribution in [0.15, 0.2) is 36.4 Å². The monoisotopic (exact) mass is 538 g/mol. The Bertz CT molecular complexity index is 1360. The first-order valence-electron chi connectivity index (χ1n) is 10.1. The van der Waals surface area contributed by atoms with Gasteiger partial charge in [-0.15, -0.1) is 0 Å². The molecule has 3 aromatic rings. The standard InChI is InChI=1S/C22H14F4N4O8/c1-9(31)27-13-5-3-11(7-15(13)29(33)34)37-21-17(23)19(25)22(20(26)18(21)24)38-12-4-6-14(28-10(2)32)16(8-12)30(35)36/h3-8H,1-2H3,(H,27,31)(H,28,32). The Balaban J connectivity index is 2.00. The van der Waals surface area contributed by atoms with Crippen LogP contribution in [0.3, 0.4) is 0 Å². The molecule has 12 nitrogen and oxygen atoms in total. The van der Waals surface area contributed by atoms with E-state index in [1.165, 1.54) is 0 Å². The van der Waals surface area contributed by atoms with Gasteiger partial charge in [-0.3, -0.25) is 29.8 Å². The minimum absolute atomic E-state index is 0.282. The molecule has 38 heavy (non-hydrogen) atoms. The molecule has 0 aromatic heterocycles. The number of anilines is 2. The first-order chi connectivity index (χ1) is 17.8. The highest BCUT2D eigenvalue weighted by molar-refractivity contribution is 5.92. The molecule has 16 heteroatoms. The fourth-order valence-corrected chi connectivity index (χ4v) is 3.05. The van der Waals surface area contributed by atoms with Gasteiger partial charge in [-0.25, -0.2) is 0 Å². The normalized spacial score (nSPS) is 10.5. The smallest absolute Gasteiger partial charge is 0.296 e. The van der Waals surface area contributed by atoms with Crippen LogP contribution >= 0.6 is 0 Å². The van der Waals surface area contributed by atoms with Crippen LogP contribution in [-0.4, -0.2) is 21.7 Å². The Hall–Kier alpha value is -5.28. The highest BCUT2D eigenvalue weighted by Crippen LogP contribution is 2.41. The summed E-state index contributed by atoms with van der Waals surface area (Å²) in [5.41, 5.74) is -2.06. The lowest BCUT2D eigenvalue weighted by Gasteiger charge is -2.14. The van der Waals surface area contributed by atoms with E-state index < -0.39 is 79.3 Å². The van der Waals surface area contributed by atoms with Gasteiger partial charge in [0.2, 0.25) is 46.6 Å². The van der Waals surface area contributed by atoms with E-state index in [1.807, 2.05) is 0 Å². The van der Waals surface area contributed by atoms with E-state index in [0.717, 1.165) is 38.1 Å². The number of nitrogens with one attached hydrogen (secondary N) is 2. The quantitative estimate of drug-likeness (QED) is 0.163. The molecule has 0 spiro atoms. The number of nitrogens with zero attached hydrogens (tertiary/aromatic N) is 2. The number of nitro benzene ring substituents is 2. The van der Waals surface area contributed by atoms with Crippen LogP contribution in [0.25, 0.3) is 0 Å². The summed E-state index contributed by atoms with van der Waals surface area (Å²) in [4.78, 5) is 43.0. The Morgan fingerprint density at radius 2 is 1.00 bits per heavy atom. The van der Waals surface area contributed by atoms with Gasteiger partial charge in [-0.05, 0) is 24.3 Å². The Morgan fingerprint density at radius 3 is 1.26 bits per heavy atom. The first-order valence-corrected chi connectivity index (χ1v) is 10.1. The molecule has 3 rings (SSSR count). The molecular weight excluding hydrogens is 524 g/mol. The SMILES string of the molecule is CC(=O)Nc1ccc(Oc2c(F)c(F)c(Oc3ccc(NC(C)=O)c([N+](=O)[O-])c3)c(F)c2F)cc1[N+](=O)[O-]. The van der Waals surface area contributed by atoms with Gasteiger partial charge >= 0.3 is 0 Å². The number of benzene rings is 3. The summed E-state index contributed by atoms with van der Waals surface area (Å²) in [6.07, 6.45) is 0. The van der Waals surface area contributed by atoms with Crippen LogP contribution in [0.5, 0.6) is 23.0 Å². The second kappa shape index (κ2) is 10.8. The number of halogens is 4. The highest BCUT2D eigenvalue weighted by atomic mass is 19.2. The van der Waals surface area contributed by atoms with Gasteiger partial charge in [0, 0.05) is 13.8 Å². The fraction of sp³-hybridized carbons (Fsp3) is 0.0909. The Labute approximate surface area is 209 Å². The molecular formula is C22H14F4N4O8. The van der Waals surface area contributed by atoms with E-state index in [9.17, 15) is 47.4 Å². The Kier molecular flexibility index (Phi) is 7.74. The molecule has 0 bridgehead atoms. The summed E-state index contributed by atoms with van der Waals surface area (Å²) >= 11 is 0. The van der Waals surface area contributed by atoms with E-state index >= 15 is 0 Å². The molecule has 2 amide bonds. The van der Waals surface area contributed by atoms with Crippen LogP contribution in [0.1, 0.15) is 13.8 Å². The number of amides is 2. The number of carbonyl (C=O) groups excluding carboxylic acids is 2. The lowest BCUT2D eigenvalue weighted by molar-refractivity contribution is -0.384. The minimum Gasteiger partial charge on any atom is -0.451 e. The number of carbonyl (C=O) groups is 2. The molecule has 0 aliphatic carbocycles. The summed E-state index contributed by atoms with van der Waals surface area (Å²) in [5.74, 6) is -14.1. The molecule has 0 heterocycles. The fourth-order valence-electron chi connectivity index (χ4n) is 3.05. The number of hydrogen-bond donors (Lipinski definition) is 2. The van der Waals surface area contributed by atoms with Crippen molar-refractivity contribution in [1.82, 2.24) is 0 Å². The second-order valence-electron chi connectivity index (χ2n) is 7.35. The van der Waals surface area contributed by atoms with Gasteiger partial charge in [0.1, 0.15) is 22.9 Å². The van der Waals surface area contributed by atoms with Gasteiger partial charge in [0.05, 0.1) is 22.0 Å².